The van der Waals surface area contributed by atoms with Gasteiger partial charge in [-0.1, -0.05) is 45.0 Å². The maximum Gasteiger partial charge on any atom is 0.420 e. The number of halogens is 9. The number of amides is 4. The zero-order valence-electron chi connectivity index (χ0n) is 43.1. The molecule has 6 atom stereocenters. The average molecular weight is 1150 g/mol. The van der Waals surface area contributed by atoms with Gasteiger partial charge in [-0.25, -0.2) is 31.3 Å². The van der Waals surface area contributed by atoms with Crippen molar-refractivity contribution in [1.29, 1.82) is 5.26 Å². The summed E-state index contributed by atoms with van der Waals surface area (Å²) in [5, 5.41) is 24.6. The number of aliphatic hydroxyl groups is 1. The topological polar surface area (TPSA) is 190 Å². The number of thiocarbonyl (C=S) groups is 1. The molecule has 5 aromatic rings. The number of aromatic nitrogens is 2. The predicted molar refractivity (Wildman–Crippen MR) is 275 cm³/mol. The first kappa shape index (κ1) is 59.5. The third-order valence-electron chi connectivity index (χ3n) is 13.1. The Balaban J connectivity index is 0.924. The number of carbonyl (C=O) groups excluding carboxylic acids is 4. The van der Waals surface area contributed by atoms with Gasteiger partial charge in [0.15, 0.2) is 46.5 Å². The maximum absolute atomic E-state index is 15.8. The number of nitrogens with zero attached hydrogens (tertiary/aromatic N) is 6. The summed E-state index contributed by atoms with van der Waals surface area (Å²) in [5.74, 6) is -10.6. The van der Waals surface area contributed by atoms with Crippen LogP contribution in [0.25, 0.3) is 21.7 Å². The highest BCUT2D eigenvalue weighted by atomic mass is 32.1. The summed E-state index contributed by atoms with van der Waals surface area (Å²) in [5.41, 5.74) is -3.83. The monoisotopic (exact) mass is 1150 g/mol. The summed E-state index contributed by atoms with van der Waals surface area (Å²) in [6, 6.07) is 9.20. The highest BCUT2D eigenvalue weighted by Crippen LogP contribution is 2.43. The number of ether oxygens (including phenoxy) is 2. The van der Waals surface area contributed by atoms with Crippen molar-refractivity contribution in [2.45, 2.75) is 103 Å². The molecule has 26 heteroatoms. The fourth-order valence-electron chi connectivity index (χ4n) is 9.00. The number of alkyl halides is 5. The van der Waals surface area contributed by atoms with E-state index in [1.165, 1.54) is 36.2 Å². The van der Waals surface area contributed by atoms with Crippen molar-refractivity contribution in [2.24, 2.45) is 5.41 Å². The van der Waals surface area contributed by atoms with E-state index in [2.05, 4.69) is 20.6 Å². The number of hydrogen-bond acceptors (Lipinski definition) is 12. The Morgan fingerprint density at radius 3 is 2.18 bits per heavy atom. The molecule has 2 fully saturated rings. The second kappa shape index (κ2) is 23.2. The minimum atomic E-state index is -5.34. The number of anilines is 2. The Hall–Kier alpha value is -7.21. The fraction of sp³-hybridized carbons (Fsp3) is 0.396. The van der Waals surface area contributed by atoms with Crippen LogP contribution in [0.2, 0.25) is 0 Å². The molecule has 4 amide bonds. The standard InChI is InChI=1S/C53H51F9N8O7S2/c1-25(27-8-10-28(11-9-27)45-26(2)65-24-79-45)66-47(73)39-17-32(71)20-68(39)48(74)46(51(3,4)5)67-40(72)23-76-21-36(57)37(58)22-77-44-34(55)14-30(15-35(44)56)43-33(54)16-31(19-64-43)70-50(78)69(49(75)52(70,6)7)38-13-12-29(18-63)41(42(38)59)53(60,61)62/h8-16,19,24-25,32,36-37,39,46,71H,17,20-23H2,1-7H3,(H,66,73)(H,67,72)/t25-,32+,36?,37?,39-,46+/m0/s1. The van der Waals surface area contributed by atoms with Gasteiger partial charge in [-0.05, 0) is 80.7 Å². The molecule has 7 rings (SSSR count). The lowest BCUT2D eigenvalue weighted by molar-refractivity contribution is -0.144. The van der Waals surface area contributed by atoms with Crippen LogP contribution < -0.4 is 25.2 Å². The first-order valence-electron chi connectivity index (χ1n) is 24.2. The zero-order chi connectivity index (χ0) is 58.2. The minimum absolute atomic E-state index is 0.0763. The molecule has 4 heterocycles. The van der Waals surface area contributed by atoms with Crippen LogP contribution in [0.5, 0.6) is 5.75 Å². The second-order valence-corrected chi connectivity index (χ2v) is 21.5. The van der Waals surface area contributed by atoms with Crippen molar-refractivity contribution in [3.63, 3.8) is 0 Å². The van der Waals surface area contributed by atoms with Crippen LogP contribution in [0.3, 0.4) is 0 Å². The van der Waals surface area contributed by atoms with Crippen LogP contribution in [-0.2, 0) is 30.1 Å². The number of carbonyl (C=O) groups is 4. The summed E-state index contributed by atoms with van der Waals surface area (Å²) < 4.78 is 143. The highest BCUT2D eigenvalue weighted by molar-refractivity contribution is 7.81. The molecule has 2 unspecified atom stereocenters. The van der Waals surface area contributed by atoms with Crippen molar-refractivity contribution < 1.29 is 73.3 Å². The fourth-order valence-corrected chi connectivity index (χ4v) is 10.3. The summed E-state index contributed by atoms with van der Waals surface area (Å²) in [4.78, 5) is 66.1. The molecule has 0 saturated carbocycles. The number of thiazole rings is 1. The minimum Gasteiger partial charge on any atom is -0.484 e. The molecule has 0 spiro atoms. The van der Waals surface area contributed by atoms with E-state index in [9.17, 15) is 41.8 Å². The van der Waals surface area contributed by atoms with E-state index in [0.29, 0.717) is 23.1 Å². The molecule has 420 valence electrons. The van der Waals surface area contributed by atoms with Crippen LogP contribution >= 0.6 is 23.6 Å². The Morgan fingerprint density at radius 2 is 1.59 bits per heavy atom. The highest BCUT2D eigenvalue weighted by Gasteiger charge is 2.52. The first-order valence-corrected chi connectivity index (χ1v) is 25.5. The lowest BCUT2D eigenvalue weighted by atomic mass is 9.85. The van der Waals surface area contributed by atoms with Gasteiger partial charge in [-0.15, -0.1) is 11.3 Å². The lowest BCUT2D eigenvalue weighted by Crippen LogP contribution is -2.58. The molecule has 15 nitrogen and oxygen atoms in total. The summed E-state index contributed by atoms with van der Waals surface area (Å²) >= 11 is 6.86. The van der Waals surface area contributed by atoms with Gasteiger partial charge < -0.3 is 35.0 Å². The van der Waals surface area contributed by atoms with Crippen molar-refractivity contribution >= 4 is 63.7 Å². The number of pyridine rings is 1. The number of rotatable bonds is 17. The molecule has 0 bridgehead atoms. The lowest BCUT2D eigenvalue weighted by Gasteiger charge is -2.35. The van der Waals surface area contributed by atoms with Crippen molar-refractivity contribution in [3.8, 4) is 33.5 Å². The largest absolute Gasteiger partial charge is 0.484 e. The molecular formula is C53H51F9N8O7S2. The van der Waals surface area contributed by atoms with Crippen LogP contribution in [0.1, 0.15) is 76.4 Å². The molecule has 2 aliphatic rings. The van der Waals surface area contributed by atoms with Gasteiger partial charge in [-0.3, -0.25) is 29.1 Å². The molecule has 79 heavy (non-hydrogen) atoms. The summed E-state index contributed by atoms with van der Waals surface area (Å²) in [6.07, 6.45) is -10.7. The molecular weight excluding hydrogens is 1100 g/mol. The maximum atomic E-state index is 15.8. The van der Waals surface area contributed by atoms with Crippen LogP contribution in [0, 0.1) is 46.9 Å². The Labute approximate surface area is 456 Å². The SMILES string of the molecule is Cc1ncsc1-c1ccc([C@H](C)NC(=O)[C@@H]2C[C@@H](O)CN2C(=O)[C@@H](NC(=O)COCC(F)C(F)COc2c(F)cc(-c3ncc(N4C(=S)N(c5ccc(C#N)c(C(F)(F)F)c5F)C(=O)C4(C)C)cc3F)cc2F)C(C)(C)C)cc1. The zero-order valence-corrected chi connectivity index (χ0v) is 44.8. The van der Waals surface area contributed by atoms with Crippen LogP contribution in [-0.4, -0.2) is 111 Å². The van der Waals surface area contributed by atoms with Gasteiger partial charge in [0.25, 0.3) is 5.91 Å². The number of aliphatic hydroxyl groups excluding tert-OH is 1. The normalized spacial score (nSPS) is 18.1. The number of nitrogens with one attached hydrogen (secondary N) is 2. The van der Waals surface area contributed by atoms with Gasteiger partial charge in [-0.2, -0.15) is 18.4 Å². The smallest absolute Gasteiger partial charge is 0.420 e. The van der Waals surface area contributed by atoms with Crippen molar-refractivity contribution in [1.82, 2.24) is 25.5 Å². The molecule has 3 N–H and O–H groups in total. The van der Waals surface area contributed by atoms with Gasteiger partial charge in [0.1, 0.15) is 42.1 Å². The molecule has 2 aliphatic heterocycles. The first-order chi connectivity index (χ1) is 37.0. The number of aryl methyl sites for hydroxylation is 1. The summed E-state index contributed by atoms with van der Waals surface area (Å²) in [7, 11) is 0. The second-order valence-electron chi connectivity index (χ2n) is 20.3. The van der Waals surface area contributed by atoms with E-state index in [4.69, 9.17) is 27.0 Å². The van der Waals surface area contributed by atoms with Gasteiger partial charge in [0.2, 0.25) is 17.7 Å². The van der Waals surface area contributed by atoms with Gasteiger partial charge >= 0.3 is 6.18 Å². The molecule has 2 aromatic heterocycles. The quantitative estimate of drug-likeness (QED) is 0.0593. The van der Waals surface area contributed by atoms with E-state index >= 15 is 22.0 Å². The van der Waals surface area contributed by atoms with E-state index < -0.39 is 159 Å². The number of likely N-dealkylation sites (tertiary alicyclic amines) is 1. The third-order valence-corrected chi connectivity index (χ3v) is 14.5. The predicted octanol–water partition coefficient (Wildman–Crippen LogP) is 8.99. The Bertz CT molecular complexity index is 3200. The Morgan fingerprint density at radius 1 is 0.949 bits per heavy atom. The van der Waals surface area contributed by atoms with E-state index in [0.717, 1.165) is 44.9 Å². The average Bonchev–Trinajstić information content (AvgIpc) is 4.28. The molecule has 2 saturated heterocycles. The van der Waals surface area contributed by atoms with Crippen molar-refractivity contribution in [2.75, 3.05) is 36.2 Å². The summed E-state index contributed by atoms with van der Waals surface area (Å²) in [6.45, 7) is 7.66. The molecule has 0 radical (unpaired) electrons. The Kier molecular flexibility index (Phi) is 17.5. The van der Waals surface area contributed by atoms with Crippen LogP contribution in [0.15, 0.2) is 66.3 Å². The van der Waals surface area contributed by atoms with Gasteiger partial charge in [0.05, 0.1) is 64.0 Å². The van der Waals surface area contributed by atoms with Gasteiger partial charge in [0, 0.05) is 24.6 Å². The van der Waals surface area contributed by atoms with Crippen molar-refractivity contribution in [3.05, 3.63) is 112 Å². The molecule has 0 aliphatic carbocycles. The number of hydrogen-bond donors (Lipinski definition) is 3. The third kappa shape index (κ3) is 12.5. The van der Waals surface area contributed by atoms with E-state index in [-0.39, 0.29) is 18.7 Å². The van der Waals surface area contributed by atoms with E-state index in [1.54, 1.807) is 33.2 Å². The number of β-amino-alcohol motifs (C(OH)–C–C–N with tert-alkyl or cyclic N) is 1. The van der Waals surface area contributed by atoms with Crippen LogP contribution in [0.4, 0.5) is 50.9 Å². The van der Waals surface area contributed by atoms with E-state index in [1.807, 2.05) is 31.2 Å². The molecule has 3 aromatic carbocycles. The number of nitriles is 1. The number of benzene rings is 3.